The van der Waals surface area contributed by atoms with Gasteiger partial charge in [-0.3, -0.25) is 4.79 Å². The molecule has 2 aliphatic rings. The molecule has 22 heavy (non-hydrogen) atoms. The summed E-state index contributed by atoms with van der Waals surface area (Å²) in [7, 11) is 0. The number of hydrogen-bond acceptors (Lipinski definition) is 3. The zero-order chi connectivity index (χ0) is 15.9. The van der Waals surface area contributed by atoms with E-state index in [1.54, 1.807) is 11.0 Å². The van der Waals surface area contributed by atoms with Gasteiger partial charge in [0.05, 0.1) is 13.2 Å². The van der Waals surface area contributed by atoms with Crippen LogP contribution >= 0.6 is 23.2 Å². The van der Waals surface area contributed by atoms with Crippen LogP contribution < -0.4 is 0 Å². The summed E-state index contributed by atoms with van der Waals surface area (Å²) in [4.78, 5) is 25.1. The Balaban J connectivity index is 1.66. The monoisotopic (exact) mass is 343 g/mol. The molecule has 7 heteroatoms. The minimum atomic E-state index is -1.04. The van der Waals surface area contributed by atoms with Gasteiger partial charge in [-0.25, -0.2) is 4.79 Å². The van der Waals surface area contributed by atoms with Crippen molar-refractivity contribution >= 4 is 35.1 Å². The zero-order valence-electron chi connectivity index (χ0n) is 11.7. The second-order valence-corrected chi connectivity index (χ2v) is 6.51. The van der Waals surface area contributed by atoms with E-state index >= 15 is 0 Å². The molecule has 5 nitrogen and oxygen atoms in total. The first-order valence-electron chi connectivity index (χ1n) is 7.05. The maximum Gasteiger partial charge on any atom is 0.334 e. The minimum absolute atomic E-state index is 0.0179. The Morgan fingerprint density at radius 1 is 1.23 bits per heavy atom. The Morgan fingerprint density at radius 2 is 1.91 bits per heavy atom. The van der Waals surface area contributed by atoms with Crippen molar-refractivity contribution in [1.82, 2.24) is 4.90 Å². The molecule has 1 amide bonds. The standard InChI is InChI=1S/C15H15Cl2NO4/c16-9-3-8(4-10(17)5-9)11-6-12(11)14(19)18-1-2-22-13(7-18)15(20)21/h3-5,11-13H,1-2,6-7H2,(H,20,21). The second-order valence-electron chi connectivity index (χ2n) is 5.63. The van der Waals surface area contributed by atoms with Gasteiger partial charge in [-0.05, 0) is 36.1 Å². The fourth-order valence-corrected chi connectivity index (χ4v) is 3.40. The largest absolute Gasteiger partial charge is 0.479 e. The lowest BCUT2D eigenvalue weighted by molar-refractivity contribution is -0.159. The van der Waals surface area contributed by atoms with E-state index in [1.165, 1.54) is 0 Å². The average molecular weight is 344 g/mol. The number of amides is 1. The Hall–Kier alpha value is -1.30. The number of hydrogen-bond donors (Lipinski definition) is 1. The zero-order valence-corrected chi connectivity index (χ0v) is 13.2. The SMILES string of the molecule is O=C(O)C1CN(C(=O)C2CC2c2cc(Cl)cc(Cl)c2)CCO1. The molecule has 3 rings (SSSR count). The van der Waals surface area contributed by atoms with Crippen molar-refractivity contribution in [2.24, 2.45) is 5.92 Å². The van der Waals surface area contributed by atoms with Crippen LogP contribution in [0, 0.1) is 5.92 Å². The molecule has 2 fully saturated rings. The number of morpholine rings is 1. The van der Waals surface area contributed by atoms with Crippen LogP contribution in [0.15, 0.2) is 18.2 Å². The molecule has 1 saturated heterocycles. The molecule has 118 valence electrons. The molecule has 3 unspecified atom stereocenters. The number of halogens is 2. The molecule has 1 N–H and O–H groups in total. The van der Waals surface area contributed by atoms with Gasteiger partial charge < -0.3 is 14.7 Å². The molecule has 0 aromatic heterocycles. The molecule has 1 aliphatic heterocycles. The van der Waals surface area contributed by atoms with E-state index in [0.29, 0.717) is 16.6 Å². The lowest BCUT2D eigenvalue weighted by atomic mass is 10.1. The highest BCUT2D eigenvalue weighted by molar-refractivity contribution is 6.34. The summed E-state index contributed by atoms with van der Waals surface area (Å²) in [5.74, 6) is -1.07. The molecule has 1 heterocycles. The molecule has 1 aliphatic carbocycles. The summed E-state index contributed by atoms with van der Waals surface area (Å²) >= 11 is 12.0. The van der Waals surface area contributed by atoms with Crippen molar-refractivity contribution in [2.75, 3.05) is 19.7 Å². The van der Waals surface area contributed by atoms with Crippen molar-refractivity contribution in [3.8, 4) is 0 Å². The van der Waals surface area contributed by atoms with Crippen LogP contribution in [0.3, 0.4) is 0 Å². The van der Waals surface area contributed by atoms with Crippen LogP contribution in [-0.4, -0.2) is 47.7 Å². The highest BCUT2D eigenvalue weighted by atomic mass is 35.5. The number of carboxylic acid groups (broad SMARTS) is 1. The normalized spacial score (nSPS) is 27.5. The maximum atomic E-state index is 12.5. The lowest BCUT2D eigenvalue weighted by Crippen LogP contribution is -2.49. The fraction of sp³-hybridized carbons (Fsp3) is 0.467. The van der Waals surface area contributed by atoms with E-state index < -0.39 is 12.1 Å². The number of ether oxygens (including phenoxy) is 1. The first kappa shape index (κ1) is 15.6. The highest BCUT2D eigenvalue weighted by Gasteiger charge is 2.47. The Labute approximate surface area is 137 Å². The summed E-state index contributed by atoms with van der Waals surface area (Å²) in [6.07, 6.45) is -0.194. The van der Waals surface area contributed by atoms with E-state index in [2.05, 4.69) is 0 Å². The molecule has 0 spiro atoms. The smallest absolute Gasteiger partial charge is 0.334 e. The van der Waals surface area contributed by atoms with Gasteiger partial charge in [-0.1, -0.05) is 23.2 Å². The Bertz CT molecular complexity index is 601. The molecular formula is C15H15Cl2NO4. The second kappa shape index (κ2) is 6.07. The summed E-state index contributed by atoms with van der Waals surface area (Å²) in [6.45, 7) is 0.791. The van der Waals surface area contributed by atoms with Crippen LogP contribution in [0.2, 0.25) is 10.0 Å². The first-order valence-corrected chi connectivity index (χ1v) is 7.80. The summed E-state index contributed by atoms with van der Waals surface area (Å²) in [5, 5.41) is 10.1. The predicted octanol–water partition coefficient (Wildman–Crippen LogP) is 2.41. The molecule has 1 aromatic carbocycles. The Kier molecular flexibility index (Phi) is 4.30. The van der Waals surface area contributed by atoms with Crippen LogP contribution in [0.5, 0.6) is 0 Å². The molecule has 0 bridgehead atoms. The number of carboxylic acids is 1. The van der Waals surface area contributed by atoms with Crippen LogP contribution in [0.25, 0.3) is 0 Å². The summed E-state index contributed by atoms with van der Waals surface area (Å²) in [5.41, 5.74) is 0.957. The Morgan fingerprint density at radius 3 is 2.55 bits per heavy atom. The first-order chi connectivity index (χ1) is 10.5. The van der Waals surface area contributed by atoms with Gasteiger partial charge in [0.1, 0.15) is 0 Å². The van der Waals surface area contributed by atoms with E-state index in [-0.39, 0.29) is 30.9 Å². The molecule has 3 atom stereocenters. The average Bonchev–Trinajstić information content (AvgIpc) is 3.26. The van der Waals surface area contributed by atoms with Gasteiger partial charge in [0, 0.05) is 22.5 Å². The van der Waals surface area contributed by atoms with E-state index in [9.17, 15) is 9.59 Å². The number of rotatable bonds is 3. The highest BCUT2D eigenvalue weighted by Crippen LogP contribution is 2.49. The van der Waals surface area contributed by atoms with E-state index in [4.69, 9.17) is 33.0 Å². The van der Waals surface area contributed by atoms with Crippen molar-refractivity contribution in [3.05, 3.63) is 33.8 Å². The van der Waals surface area contributed by atoms with Crippen molar-refractivity contribution < 1.29 is 19.4 Å². The number of benzene rings is 1. The molecular weight excluding hydrogens is 329 g/mol. The third-order valence-electron chi connectivity index (χ3n) is 4.07. The van der Waals surface area contributed by atoms with Gasteiger partial charge in [-0.2, -0.15) is 0 Å². The number of aliphatic carboxylic acids is 1. The van der Waals surface area contributed by atoms with Crippen molar-refractivity contribution in [2.45, 2.75) is 18.4 Å². The summed E-state index contributed by atoms with van der Waals surface area (Å²) in [6, 6.07) is 5.31. The van der Waals surface area contributed by atoms with Gasteiger partial charge in [-0.15, -0.1) is 0 Å². The predicted molar refractivity (Wildman–Crippen MR) is 81.3 cm³/mol. The molecule has 1 aromatic rings. The third-order valence-corrected chi connectivity index (χ3v) is 4.51. The van der Waals surface area contributed by atoms with Gasteiger partial charge >= 0.3 is 5.97 Å². The number of carbonyl (C=O) groups excluding carboxylic acids is 1. The molecule has 1 saturated carbocycles. The quantitative estimate of drug-likeness (QED) is 0.915. The van der Waals surface area contributed by atoms with E-state index in [0.717, 1.165) is 12.0 Å². The van der Waals surface area contributed by atoms with Crippen molar-refractivity contribution in [3.63, 3.8) is 0 Å². The lowest BCUT2D eigenvalue weighted by Gasteiger charge is -2.31. The molecule has 0 radical (unpaired) electrons. The summed E-state index contributed by atoms with van der Waals surface area (Å²) < 4.78 is 5.13. The van der Waals surface area contributed by atoms with Crippen LogP contribution in [0.1, 0.15) is 17.9 Å². The number of nitrogens with zero attached hydrogens (tertiary/aromatic N) is 1. The topological polar surface area (TPSA) is 66.8 Å². The van der Waals surface area contributed by atoms with Gasteiger partial charge in [0.2, 0.25) is 5.91 Å². The maximum absolute atomic E-state index is 12.5. The minimum Gasteiger partial charge on any atom is -0.479 e. The van der Waals surface area contributed by atoms with Crippen LogP contribution in [0.4, 0.5) is 0 Å². The van der Waals surface area contributed by atoms with Gasteiger partial charge in [0.25, 0.3) is 0 Å². The van der Waals surface area contributed by atoms with Crippen LogP contribution in [-0.2, 0) is 14.3 Å². The van der Waals surface area contributed by atoms with Gasteiger partial charge in [0.15, 0.2) is 6.10 Å². The van der Waals surface area contributed by atoms with E-state index in [1.807, 2.05) is 12.1 Å². The third kappa shape index (κ3) is 3.21. The number of carbonyl (C=O) groups is 2. The van der Waals surface area contributed by atoms with Crippen molar-refractivity contribution in [1.29, 1.82) is 0 Å². The fourth-order valence-electron chi connectivity index (χ4n) is 2.86.